The molecule has 158 valence electrons. The highest BCUT2D eigenvalue weighted by Gasteiger charge is 2.29. The molecule has 2 N–H and O–H groups in total. The van der Waals surface area contributed by atoms with E-state index in [0.29, 0.717) is 16.8 Å². The quantitative estimate of drug-likeness (QED) is 0.673. The molecule has 1 aliphatic rings. The molecular formula is C24H23FN4O2. The van der Waals surface area contributed by atoms with Gasteiger partial charge >= 0.3 is 0 Å². The number of benzene rings is 2. The number of rotatable bonds is 4. The number of nitrogens with one attached hydrogen (secondary N) is 2. The summed E-state index contributed by atoms with van der Waals surface area (Å²) < 4.78 is 15.1. The third-order valence-electron chi connectivity index (χ3n) is 5.47. The molecule has 4 rings (SSSR count). The van der Waals surface area contributed by atoms with Crippen LogP contribution >= 0.6 is 0 Å². The van der Waals surface area contributed by atoms with Gasteiger partial charge in [0, 0.05) is 42.4 Å². The Kier molecular flexibility index (Phi) is 5.42. The van der Waals surface area contributed by atoms with E-state index >= 15 is 0 Å². The molecule has 6 nitrogen and oxygen atoms in total. The van der Waals surface area contributed by atoms with Crippen molar-refractivity contribution in [3.63, 3.8) is 0 Å². The molecule has 7 heteroatoms. The highest BCUT2D eigenvalue weighted by atomic mass is 19.1. The minimum Gasteiger partial charge on any atom is -0.332 e. The first-order valence-corrected chi connectivity index (χ1v) is 9.99. The highest BCUT2D eigenvalue weighted by molar-refractivity contribution is 6.07. The van der Waals surface area contributed by atoms with Gasteiger partial charge in [0.05, 0.1) is 11.4 Å². The van der Waals surface area contributed by atoms with E-state index in [9.17, 15) is 14.0 Å². The van der Waals surface area contributed by atoms with Gasteiger partial charge in [-0.05, 0) is 49.2 Å². The van der Waals surface area contributed by atoms with Crippen LogP contribution in [0.1, 0.15) is 29.2 Å². The molecule has 1 unspecified atom stereocenters. The molecule has 0 fully saturated rings. The first-order chi connectivity index (χ1) is 14.8. The van der Waals surface area contributed by atoms with Crippen LogP contribution in [0.3, 0.4) is 0 Å². The Hall–Kier alpha value is -3.74. The number of carbonyl (C=O) groups excluding carboxylic acids is 2. The van der Waals surface area contributed by atoms with Crippen molar-refractivity contribution in [3.8, 4) is 11.3 Å². The Morgan fingerprint density at radius 1 is 1.16 bits per heavy atom. The van der Waals surface area contributed by atoms with Crippen LogP contribution in [0.15, 0.2) is 60.3 Å². The minimum absolute atomic E-state index is 0.123. The standard InChI is InChI=1S/C24H23FN4O2/c1-14-4-5-17(22-10-15(2)28-29(22)3)11-21(14)27-24(31)20-13-26-23(30)12-19(20)16-6-8-18(25)9-7-16/h4-11,13,19H,12H2,1-3H3,(H,26,30)(H,27,31). The largest absolute Gasteiger partial charge is 0.332 e. The van der Waals surface area contributed by atoms with E-state index in [1.807, 2.05) is 45.2 Å². The van der Waals surface area contributed by atoms with Crippen LogP contribution < -0.4 is 10.6 Å². The minimum atomic E-state index is -0.447. The molecule has 0 saturated heterocycles. The van der Waals surface area contributed by atoms with E-state index in [2.05, 4.69) is 15.7 Å². The van der Waals surface area contributed by atoms with Crippen LogP contribution in [-0.4, -0.2) is 21.6 Å². The number of hydrogen-bond donors (Lipinski definition) is 2. The summed E-state index contributed by atoms with van der Waals surface area (Å²) in [5, 5.41) is 9.99. The first kappa shape index (κ1) is 20.5. The fourth-order valence-electron chi connectivity index (χ4n) is 3.82. The predicted octanol–water partition coefficient (Wildman–Crippen LogP) is 3.97. The van der Waals surface area contributed by atoms with E-state index in [1.54, 1.807) is 16.8 Å². The van der Waals surface area contributed by atoms with Crippen molar-refractivity contribution in [2.75, 3.05) is 5.32 Å². The number of nitrogens with zero attached hydrogens (tertiary/aromatic N) is 2. The lowest BCUT2D eigenvalue weighted by atomic mass is 9.86. The lowest BCUT2D eigenvalue weighted by Gasteiger charge is -2.24. The average Bonchev–Trinajstić information content (AvgIpc) is 3.08. The van der Waals surface area contributed by atoms with Crippen LogP contribution in [-0.2, 0) is 16.6 Å². The Bertz CT molecular complexity index is 1190. The van der Waals surface area contributed by atoms with Crippen molar-refractivity contribution < 1.29 is 14.0 Å². The SMILES string of the molecule is Cc1cc(-c2ccc(C)c(NC(=O)C3=CNC(=O)CC3c3ccc(F)cc3)c2)n(C)n1. The number of hydrogen-bond acceptors (Lipinski definition) is 3. The zero-order valence-electron chi connectivity index (χ0n) is 17.6. The second-order valence-corrected chi connectivity index (χ2v) is 7.75. The Morgan fingerprint density at radius 3 is 2.58 bits per heavy atom. The number of anilines is 1. The first-order valence-electron chi connectivity index (χ1n) is 9.99. The predicted molar refractivity (Wildman–Crippen MR) is 117 cm³/mol. The molecule has 0 saturated carbocycles. The molecule has 3 aromatic rings. The van der Waals surface area contributed by atoms with Gasteiger partial charge in [0.2, 0.25) is 5.91 Å². The molecule has 31 heavy (non-hydrogen) atoms. The van der Waals surface area contributed by atoms with Gasteiger partial charge in [0.1, 0.15) is 5.82 Å². The summed E-state index contributed by atoms with van der Waals surface area (Å²) in [5.41, 5.74) is 5.52. The second kappa shape index (κ2) is 8.18. The van der Waals surface area contributed by atoms with Crippen LogP contribution in [0.25, 0.3) is 11.3 Å². The van der Waals surface area contributed by atoms with Gasteiger partial charge in [-0.25, -0.2) is 4.39 Å². The molecule has 0 bridgehead atoms. The van der Waals surface area contributed by atoms with Crippen molar-refractivity contribution in [1.29, 1.82) is 0 Å². The molecule has 2 heterocycles. The summed E-state index contributed by atoms with van der Waals surface area (Å²) in [6, 6.07) is 13.7. The summed E-state index contributed by atoms with van der Waals surface area (Å²) in [4.78, 5) is 25.1. The monoisotopic (exact) mass is 418 g/mol. The topological polar surface area (TPSA) is 76.0 Å². The smallest absolute Gasteiger partial charge is 0.253 e. The van der Waals surface area contributed by atoms with Crippen LogP contribution in [0.2, 0.25) is 0 Å². The number of aromatic nitrogens is 2. The molecule has 0 aliphatic carbocycles. The van der Waals surface area contributed by atoms with Gasteiger partial charge in [0.25, 0.3) is 5.91 Å². The normalized spacial score (nSPS) is 15.9. The number of aryl methyl sites for hydroxylation is 3. The summed E-state index contributed by atoms with van der Waals surface area (Å²) in [6.45, 7) is 3.85. The number of carbonyl (C=O) groups is 2. The molecule has 2 aromatic carbocycles. The van der Waals surface area contributed by atoms with Gasteiger partial charge in [-0.3, -0.25) is 14.3 Å². The number of halogens is 1. The van der Waals surface area contributed by atoms with Crippen LogP contribution in [0.4, 0.5) is 10.1 Å². The lowest BCUT2D eigenvalue weighted by Crippen LogP contribution is -2.32. The van der Waals surface area contributed by atoms with Crippen molar-refractivity contribution in [1.82, 2.24) is 15.1 Å². The maximum absolute atomic E-state index is 13.3. The molecule has 0 radical (unpaired) electrons. The fraction of sp³-hybridized carbons (Fsp3) is 0.208. The molecule has 2 amide bonds. The molecule has 1 aliphatic heterocycles. The molecule has 0 spiro atoms. The molecule has 1 aromatic heterocycles. The fourth-order valence-corrected chi connectivity index (χ4v) is 3.82. The Morgan fingerprint density at radius 2 is 1.90 bits per heavy atom. The Balaban J connectivity index is 1.63. The van der Waals surface area contributed by atoms with Crippen molar-refractivity contribution in [3.05, 3.63) is 82.9 Å². The van der Waals surface area contributed by atoms with Gasteiger partial charge in [0.15, 0.2) is 0 Å². The summed E-state index contributed by atoms with van der Waals surface area (Å²) in [7, 11) is 1.88. The highest BCUT2D eigenvalue weighted by Crippen LogP contribution is 2.32. The number of amides is 2. The average molecular weight is 418 g/mol. The van der Waals surface area contributed by atoms with Crippen LogP contribution in [0, 0.1) is 19.7 Å². The van der Waals surface area contributed by atoms with Gasteiger partial charge in [-0.15, -0.1) is 0 Å². The third-order valence-corrected chi connectivity index (χ3v) is 5.47. The lowest BCUT2D eigenvalue weighted by molar-refractivity contribution is -0.121. The van der Waals surface area contributed by atoms with Gasteiger partial charge in [-0.2, -0.15) is 5.10 Å². The maximum Gasteiger partial charge on any atom is 0.253 e. The van der Waals surface area contributed by atoms with Crippen molar-refractivity contribution in [2.24, 2.45) is 7.05 Å². The molecular weight excluding hydrogens is 395 g/mol. The maximum atomic E-state index is 13.3. The van der Waals surface area contributed by atoms with Crippen LogP contribution in [0.5, 0.6) is 0 Å². The van der Waals surface area contributed by atoms with E-state index in [1.165, 1.54) is 18.3 Å². The Labute approximate surface area is 179 Å². The van der Waals surface area contributed by atoms with E-state index < -0.39 is 5.92 Å². The van der Waals surface area contributed by atoms with E-state index in [0.717, 1.165) is 22.5 Å². The summed E-state index contributed by atoms with van der Waals surface area (Å²) in [6.07, 6.45) is 1.57. The summed E-state index contributed by atoms with van der Waals surface area (Å²) >= 11 is 0. The zero-order chi connectivity index (χ0) is 22.1. The van der Waals surface area contributed by atoms with Gasteiger partial charge < -0.3 is 10.6 Å². The van der Waals surface area contributed by atoms with E-state index in [4.69, 9.17) is 0 Å². The van der Waals surface area contributed by atoms with Gasteiger partial charge in [-0.1, -0.05) is 24.3 Å². The zero-order valence-corrected chi connectivity index (χ0v) is 17.6. The third kappa shape index (κ3) is 4.26. The van der Waals surface area contributed by atoms with Crippen molar-refractivity contribution in [2.45, 2.75) is 26.2 Å². The second-order valence-electron chi connectivity index (χ2n) is 7.75. The van der Waals surface area contributed by atoms with E-state index in [-0.39, 0.29) is 24.1 Å². The summed E-state index contributed by atoms with van der Waals surface area (Å²) in [5.74, 6) is -1.30. The van der Waals surface area contributed by atoms with Crippen molar-refractivity contribution >= 4 is 17.5 Å². The molecule has 1 atom stereocenters.